The zero-order chi connectivity index (χ0) is 14.5. The van der Waals surface area contributed by atoms with Gasteiger partial charge in [-0.15, -0.1) is 0 Å². The summed E-state index contributed by atoms with van der Waals surface area (Å²) in [6, 6.07) is 10.1. The van der Waals surface area contributed by atoms with Gasteiger partial charge in [-0.1, -0.05) is 12.1 Å². The van der Waals surface area contributed by atoms with Crippen LogP contribution in [-0.4, -0.2) is 36.7 Å². The molecule has 1 atom stereocenters. The molecule has 3 N–H and O–H groups in total. The molecule has 1 aromatic carbocycles. The molecule has 0 spiro atoms. The predicted molar refractivity (Wildman–Crippen MR) is 82.9 cm³/mol. The number of morpholine rings is 1. The summed E-state index contributed by atoms with van der Waals surface area (Å²) in [5, 5.41) is 9.59. The third-order valence-electron chi connectivity index (χ3n) is 3.41. The second kappa shape index (κ2) is 6.51. The first kappa shape index (κ1) is 13.8. The van der Waals surface area contributed by atoms with Crippen molar-refractivity contribution >= 4 is 17.3 Å². The molecular formula is C15H19N5O. The van der Waals surface area contributed by atoms with Gasteiger partial charge in [0.25, 0.3) is 0 Å². The molecule has 6 nitrogen and oxygen atoms in total. The Morgan fingerprint density at radius 2 is 2.00 bits per heavy atom. The first-order valence-corrected chi connectivity index (χ1v) is 7.04. The molecule has 1 unspecified atom stereocenters. The average molecular weight is 285 g/mol. The summed E-state index contributed by atoms with van der Waals surface area (Å²) in [7, 11) is 1.83. The summed E-state index contributed by atoms with van der Waals surface area (Å²) in [5.41, 5.74) is 2.18. The SMILES string of the molecule is CNc1cc(Nc2ccc(C3CNCCO3)cc2)ncn1. The van der Waals surface area contributed by atoms with Gasteiger partial charge in [0.2, 0.25) is 0 Å². The van der Waals surface area contributed by atoms with Gasteiger partial charge in [-0.05, 0) is 17.7 Å². The highest BCUT2D eigenvalue weighted by Crippen LogP contribution is 2.22. The summed E-state index contributed by atoms with van der Waals surface area (Å²) in [6.07, 6.45) is 1.67. The first-order valence-electron chi connectivity index (χ1n) is 7.04. The van der Waals surface area contributed by atoms with Crippen molar-refractivity contribution < 1.29 is 4.74 Å². The maximum Gasteiger partial charge on any atom is 0.135 e. The molecule has 0 radical (unpaired) electrons. The number of rotatable bonds is 4. The van der Waals surface area contributed by atoms with E-state index in [1.165, 1.54) is 11.9 Å². The van der Waals surface area contributed by atoms with Crippen molar-refractivity contribution in [3.8, 4) is 0 Å². The van der Waals surface area contributed by atoms with Gasteiger partial charge in [0, 0.05) is 31.9 Å². The zero-order valence-corrected chi connectivity index (χ0v) is 12.0. The molecule has 0 saturated carbocycles. The lowest BCUT2D eigenvalue weighted by atomic mass is 10.1. The Morgan fingerprint density at radius 1 is 1.19 bits per heavy atom. The molecule has 1 fully saturated rings. The van der Waals surface area contributed by atoms with Crippen molar-refractivity contribution in [2.75, 3.05) is 37.4 Å². The van der Waals surface area contributed by atoms with E-state index in [1.54, 1.807) is 0 Å². The van der Waals surface area contributed by atoms with Crippen LogP contribution in [0.15, 0.2) is 36.7 Å². The number of aromatic nitrogens is 2. The number of nitrogens with one attached hydrogen (secondary N) is 3. The Morgan fingerprint density at radius 3 is 2.71 bits per heavy atom. The molecule has 0 amide bonds. The van der Waals surface area contributed by atoms with Crippen LogP contribution in [0.25, 0.3) is 0 Å². The van der Waals surface area contributed by atoms with Crippen molar-refractivity contribution in [3.63, 3.8) is 0 Å². The van der Waals surface area contributed by atoms with E-state index in [2.05, 4.69) is 38.1 Å². The smallest absolute Gasteiger partial charge is 0.135 e. The minimum atomic E-state index is 0.141. The highest BCUT2D eigenvalue weighted by atomic mass is 16.5. The molecule has 110 valence electrons. The van der Waals surface area contributed by atoms with E-state index in [4.69, 9.17) is 4.74 Å². The van der Waals surface area contributed by atoms with Crippen molar-refractivity contribution in [2.24, 2.45) is 0 Å². The lowest BCUT2D eigenvalue weighted by Gasteiger charge is -2.24. The molecule has 1 aliphatic heterocycles. The lowest BCUT2D eigenvalue weighted by molar-refractivity contribution is 0.0277. The van der Waals surface area contributed by atoms with E-state index in [-0.39, 0.29) is 6.10 Å². The monoisotopic (exact) mass is 285 g/mol. The molecule has 6 heteroatoms. The first-order chi connectivity index (χ1) is 10.3. The van der Waals surface area contributed by atoms with E-state index in [0.29, 0.717) is 0 Å². The van der Waals surface area contributed by atoms with Crippen LogP contribution in [0.2, 0.25) is 0 Å². The zero-order valence-electron chi connectivity index (χ0n) is 12.0. The average Bonchev–Trinajstić information content (AvgIpc) is 2.56. The van der Waals surface area contributed by atoms with Crippen molar-refractivity contribution in [2.45, 2.75) is 6.10 Å². The fourth-order valence-corrected chi connectivity index (χ4v) is 2.27. The van der Waals surface area contributed by atoms with Crippen LogP contribution in [0.1, 0.15) is 11.7 Å². The van der Waals surface area contributed by atoms with E-state index in [9.17, 15) is 0 Å². The minimum absolute atomic E-state index is 0.141. The van der Waals surface area contributed by atoms with E-state index < -0.39 is 0 Å². The summed E-state index contributed by atoms with van der Waals surface area (Å²) in [4.78, 5) is 8.29. The van der Waals surface area contributed by atoms with Crippen molar-refractivity contribution in [1.82, 2.24) is 15.3 Å². The minimum Gasteiger partial charge on any atom is -0.373 e. The number of hydrogen-bond donors (Lipinski definition) is 3. The van der Waals surface area contributed by atoms with Crippen LogP contribution < -0.4 is 16.0 Å². The van der Waals surface area contributed by atoms with Crippen LogP contribution in [0.5, 0.6) is 0 Å². The van der Waals surface area contributed by atoms with Gasteiger partial charge in [-0.25, -0.2) is 9.97 Å². The molecule has 2 aromatic rings. The quantitative estimate of drug-likeness (QED) is 0.797. The third kappa shape index (κ3) is 3.48. The number of nitrogens with zero attached hydrogens (tertiary/aromatic N) is 2. The van der Waals surface area contributed by atoms with Gasteiger partial charge in [0.1, 0.15) is 18.0 Å². The van der Waals surface area contributed by atoms with Gasteiger partial charge in [0.05, 0.1) is 12.7 Å². The topological polar surface area (TPSA) is 71.1 Å². The number of anilines is 3. The summed E-state index contributed by atoms with van der Waals surface area (Å²) in [6.45, 7) is 2.56. The van der Waals surface area contributed by atoms with Gasteiger partial charge >= 0.3 is 0 Å². The highest BCUT2D eigenvalue weighted by Gasteiger charge is 2.15. The molecule has 3 rings (SSSR count). The fraction of sp³-hybridized carbons (Fsp3) is 0.333. The Hall–Kier alpha value is -2.18. The van der Waals surface area contributed by atoms with Crippen molar-refractivity contribution in [3.05, 3.63) is 42.2 Å². The molecule has 2 heterocycles. The summed E-state index contributed by atoms with van der Waals surface area (Å²) < 4.78 is 5.74. The Labute approximate surface area is 124 Å². The van der Waals surface area contributed by atoms with Gasteiger partial charge in [0.15, 0.2) is 0 Å². The molecule has 1 saturated heterocycles. The van der Waals surface area contributed by atoms with E-state index >= 15 is 0 Å². The Bertz CT molecular complexity index is 581. The number of benzene rings is 1. The maximum atomic E-state index is 5.74. The fourth-order valence-electron chi connectivity index (χ4n) is 2.27. The molecular weight excluding hydrogens is 266 g/mol. The van der Waals surface area contributed by atoms with Gasteiger partial charge in [-0.2, -0.15) is 0 Å². The molecule has 1 aromatic heterocycles. The lowest BCUT2D eigenvalue weighted by Crippen LogP contribution is -2.33. The molecule has 0 bridgehead atoms. The Kier molecular flexibility index (Phi) is 4.28. The van der Waals surface area contributed by atoms with Crippen LogP contribution in [-0.2, 0) is 4.74 Å². The Balaban J connectivity index is 1.68. The van der Waals surface area contributed by atoms with E-state index in [1.807, 2.05) is 25.2 Å². The standard InChI is InChI=1S/C15H19N5O/c1-16-14-8-15(19-10-18-14)20-12-4-2-11(3-5-12)13-9-17-6-7-21-13/h2-5,8,10,13,17H,6-7,9H2,1H3,(H2,16,18,19,20). The number of ether oxygens (including phenoxy) is 1. The summed E-state index contributed by atoms with van der Waals surface area (Å²) >= 11 is 0. The predicted octanol–water partition coefficient (Wildman–Crippen LogP) is 1.92. The summed E-state index contributed by atoms with van der Waals surface area (Å²) in [5.74, 6) is 1.54. The molecule has 0 aliphatic carbocycles. The van der Waals surface area contributed by atoms with E-state index in [0.717, 1.165) is 37.0 Å². The third-order valence-corrected chi connectivity index (χ3v) is 3.41. The molecule has 1 aliphatic rings. The second-order valence-corrected chi connectivity index (χ2v) is 4.85. The maximum absolute atomic E-state index is 5.74. The van der Waals surface area contributed by atoms with Gasteiger partial charge < -0.3 is 20.7 Å². The number of hydrogen-bond acceptors (Lipinski definition) is 6. The van der Waals surface area contributed by atoms with Gasteiger partial charge in [-0.3, -0.25) is 0 Å². The second-order valence-electron chi connectivity index (χ2n) is 4.85. The highest BCUT2D eigenvalue weighted by molar-refractivity contribution is 5.59. The van der Waals surface area contributed by atoms with Crippen molar-refractivity contribution in [1.29, 1.82) is 0 Å². The molecule has 21 heavy (non-hydrogen) atoms. The van der Waals surface area contributed by atoms with Crippen LogP contribution >= 0.6 is 0 Å². The largest absolute Gasteiger partial charge is 0.373 e. The normalized spacial score (nSPS) is 18.2. The van der Waals surface area contributed by atoms with Crippen LogP contribution in [0, 0.1) is 0 Å². The van der Waals surface area contributed by atoms with Crippen LogP contribution in [0.4, 0.5) is 17.3 Å². The van der Waals surface area contributed by atoms with Crippen LogP contribution in [0.3, 0.4) is 0 Å².